The monoisotopic (exact) mass is 481 g/mol. The van der Waals surface area contributed by atoms with Gasteiger partial charge < -0.3 is 23.7 Å². The molecule has 0 aromatic carbocycles. The molecule has 2 heterocycles. The van der Waals surface area contributed by atoms with E-state index in [1.165, 1.54) is 17.1 Å². The van der Waals surface area contributed by atoms with Gasteiger partial charge in [0.2, 0.25) is 5.91 Å². The van der Waals surface area contributed by atoms with Crippen molar-refractivity contribution in [3.8, 4) is 0 Å². The normalized spacial score (nSPS) is 21.7. The lowest BCUT2D eigenvalue weighted by Crippen LogP contribution is -2.55. The van der Waals surface area contributed by atoms with Crippen LogP contribution >= 0.6 is 0 Å². The molecule has 0 radical (unpaired) electrons. The van der Waals surface area contributed by atoms with Crippen molar-refractivity contribution in [3.05, 3.63) is 25.3 Å². The zero-order valence-corrected chi connectivity index (χ0v) is 21.7. The number of carbonyl (C=O) groups is 3. The number of nitrogens with zero attached hydrogens (tertiary/aromatic N) is 3. The summed E-state index contributed by atoms with van der Waals surface area (Å²) in [5.74, 6) is -0.176. The summed E-state index contributed by atoms with van der Waals surface area (Å²) in [6.45, 7) is 19.8. The van der Waals surface area contributed by atoms with Crippen LogP contribution in [-0.4, -0.2) is 99.2 Å². The number of piperazine rings is 1. The molecule has 2 aliphatic rings. The Kier molecular flexibility index (Phi) is 9.13. The molecule has 2 fully saturated rings. The lowest BCUT2D eigenvalue weighted by atomic mass is 10.1. The van der Waals surface area contributed by atoms with E-state index < -0.39 is 20.5 Å². The number of carbonyl (C=O) groups excluding carboxylic acids is 3. The van der Waals surface area contributed by atoms with Gasteiger partial charge in [0, 0.05) is 26.2 Å². The molecule has 33 heavy (non-hydrogen) atoms. The second kappa shape index (κ2) is 11.2. The Hall–Kier alpha value is -2.33. The number of likely N-dealkylation sites (tertiary alicyclic amines) is 1. The number of ether oxygens (including phenoxy) is 2. The molecular weight excluding hydrogens is 442 g/mol. The van der Waals surface area contributed by atoms with Crippen LogP contribution in [0.15, 0.2) is 25.3 Å². The topological polar surface area (TPSA) is 88.6 Å². The molecule has 10 heteroatoms. The molecule has 2 atom stereocenters. The van der Waals surface area contributed by atoms with Crippen LogP contribution in [-0.2, 0) is 18.7 Å². The maximum Gasteiger partial charge on any atom is 0.410 e. The summed E-state index contributed by atoms with van der Waals surface area (Å²) in [6, 6.07) is -0.222. The van der Waals surface area contributed by atoms with Gasteiger partial charge in [-0.1, -0.05) is 46.1 Å². The van der Waals surface area contributed by atoms with E-state index in [9.17, 15) is 14.4 Å². The molecule has 2 saturated heterocycles. The molecule has 186 valence electrons. The van der Waals surface area contributed by atoms with Gasteiger partial charge in [-0.05, 0) is 24.6 Å². The van der Waals surface area contributed by atoms with E-state index in [2.05, 4.69) is 47.0 Å². The SMILES string of the molecule is C=CCOC(=O)N1CCN(CC2CC(O[Si](C)(C)C(C)(C)C)CN2C(=O)OCC=C)C(=O)C1. The van der Waals surface area contributed by atoms with Gasteiger partial charge in [-0.25, -0.2) is 9.59 Å². The molecule has 0 aliphatic carbocycles. The first-order chi connectivity index (χ1) is 15.4. The molecule has 2 rings (SSSR count). The molecule has 0 aromatic heterocycles. The zero-order valence-electron chi connectivity index (χ0n) is 20.7. The maximum absolute atomic E-state index is 12.7. The largest absolute Gasteiger partial charge is 0.445 e. The fraction of sp³-hybridized carbons (Fsp3) is 0.696. The Morgan fingerprint density at radius 3 is 2.24 bits per heavy atom. The van der Waals surface area contributed by atoms with Crippen LogP contribution in [0.5, 0.6) is 0 Å². The highest BCUT2D eigenvalue weighted by atomic mass is 28.4. The molecule has 3 amide bonds. The van der Waals surface area contributed by atoms with Crippen molar-refractivity contribution in [3.63, 3.8) is 0 Å². The van der Waals surface area contributed by atoms with Crippen molar-refractivity contribution in [2.45, 2.75) is 57.5 Å². The van der Waals surface area contributed by atoms with Crippen molar-refractivity contribution in [1.82, 2.24) is 14.7 Å². The number of hydrogen-bond acceptors (Lipinski definition) is 6. The minimum Gasteiger partial charge on any atom is -0.445 e. The Labute approximate surface area is 198 Å². The molecule has 0 spiro atoms. The molecule has 0 N–H and O–H groups in total. The highest BCUT2D eigenvalue weighted by Crippen LogP contribution is 2.39. The van der Waals surface area contributed by atoms with Gasteiger partial charge >= 0.3 is 12.2 Å². The summed E-state index contributed by atoms with van der Waals surface area (Å²) in [4.78, 5) is 42.3. The van der Waals surface area contributed by atoms with Crippen LogP contribution in [0.4, 0.5) is 9.59 Å². The summed E-state index contributed by atoms with van der Waals surface area (Å²) >= 11 is 0. The minimum absolute atomic E-state index is 0.0474. The minimum atomic E-state index is -2.03. The zero-order chi connectivity index (χ0) is 24.8. The van der Waals surface area contributed by atoms with Crippen LogP contribution < -0.4 is 0 Å². The smallest absolute Gasteiger partial charge is 0.410 e. The average Bonchev–Trinajstić information content (AvgIpc) is 3.12. The van der Waals surface area contributed by atoms with Gasteiger partial charge in [0.25, 0.3) is 0 Å². The third kappa shape index (κ3) is 7.07. The van der Waals surface area contributed by atoms with E-state index >= 15 is 0 Å². The van der Waals surface area contributed by atoms with E-state index in [4.69, 9.17) is 13.9 Å². The Bertz CT molecular complexity index is 751. The molecule has 9 nitrogen and oxygen atoms in total. The van der Waals surface area contributed by atoms with E-state index in [0.717, 1.165) is 0 Å². The fourth-order valence-electron chi connectivity index (χ4n) is 3.70. The fourth-order valence-corrected chi connectivity index (χ4v) is 5.05. The average molecular weight is 482 g/mol. The van der Waals surface area contributed by atoms with Crippen LogP contribution in [0.3, 0.4) is 0 Å². The first-order valence-corrected chi connectivity index (χ1v) is 14.3. The summed E-state index contributed by atoms with van der Waals surface area (Å²) in [7, 11) is -2.03. The van der Waals surface area contributed by atoms with Crippen molar-refractivity contribution >= 4 is 26.4 Å². The third-order valence-electron chi connectivity index (χ3n) is 6.54. The highest BCUT2D eigenvalue weighted by molar-refractivity contribution is 6.74. The summed E-state index contributed by atoms with van der Waals surface area (Å²) in [5.41, 5.74) is 0. The number of rotatable bonds is 8. The lowest BCUT2D eigenvalue weighted by Gasteiger charge is -2.38. The van der Waals surface area contributed by atoms with Gasteiger partial charge in [-0.3, -0.25) is 9.69 Å². The number of amides is 3. The van der Waals surface area contributed by atoms with Crippen molar-refractivity contribution < 1.29 is 28.3 Å². The lowest BCUT2D eigenvalue weighted by molar-refractivity contribution is -0.136. The molecule has 2 unspecified atom stereocenters. The maximum atomic E-state index is 12.7. The van der Waals surface area contributed by atoms with Gasteiger partial charge in [-0.2, -0.15) is 0 Å². The van der Waals surface area contributed by atoms with E-state index in [0.29, 0.717) is 32.6 Å². The van der Waals surface area contributed by atoms with E-state index in [1.807, 2.05) is 0 Å². The van der Waals surface area contributed by atoms with Gasteiger partial charge in [0.1, 0.15) is 19.8 Å². The van der Waals surface area contributed by atoms with Crippen LogP contribution in [0.25, 0.3) is 0 Å². The highest BCUT2D eigenvalue weighted by Gasteiger charge is 2.45. The van der Waals surface area contributed by atoms with Gasteiger partial charge in [0.15, 0.2) is 8.32 Å². The Morgan fingerprint density at radius 2 is 1.70 bits per heavy atom. The molecule has 0 bridgehead atoms. The number of hydrogen-bond donors (Lipinski definition) is 0. The van der Waals surface area contributed by atoms with Crippen LogP contribution in [0.2, 0.25) is 18.1 Å². The van der Waals surface area contributed by atoms with Crippen molar-refractivity contribution in [1.29, 1.82) is 0 Å². The predicted molar refractivity (Wildman–Crippen MR) is 128 cm³/mol. The Balaban J connectivity index is 2.06. The summed E-state index contributed by atoms with van der Waals surface area (Å²) in [5, 5.41) is 0.0474. The molecule has 2 aliphatic heterocycles. The molecule has 0 aromatic rings. The quantitative estimate of drug-likeness (QED) is 0.391. The second-order valence-electron chi connectivity index (χ2n) is 10.0. The molecular formula is C23H39N3O6Si. The summed E-state index contributed by atoms with van der Waals surface area (Å²) < 4.78 is 16.9. The standard InChI is InChI=1S/C23H39N3O6Si/c1-8-12-30-21(28)25-11-10-24(20(27)17-25)15-18-14-19(32-33(6,7)23(3,4)5)16-26(18)22(29)31-13-9-2/h8-9,18-19H,1-2,10-17H2,3-7H3. The van der Waals surface area contributed by atoms with E-state index in [-0.39, 0.29) is 42.8 Å². The van der Waals surface area contributed by atoms with E-state index in [1.54, 1.807) is 9.80 Å². The first kappa shape index (κ1) is 26.9. The van der Waals surface area contributed by atoms with Crippen LogP contribution in [0.1, 0.15) is 27.2 Å². The van der Waals surface area contributed by atoms with Gasteiger partial charge in [0.05, 0.1) is 12.1 Å². The first-order valence-electron chi connectivity index (χ1n) is 11.4. The summed E-state index contributed by atoms with van der Waals surface area (Å²) in [6.07, 6.45) is 2.57. The van der Waals surface area contributed by atoms with Crippen molar-refractivity contribution in [2.24, 2.45) is 0 Å². The predicted octanol–water partition coefficient (Wildman–Crippen LogP) is 3.24. The molecule has 0 saturated carbocycles. The van der Waals surface area contributed by atoms with Crippen LogP contribution in [0, 0.1) is 0 Å². The third-order valence-corrected chi connectivity index (χ3v) is 11.1. The Morgan fingerprint density at radius 1 is 1.09 bits per heavy atom. The second-order valence-corrected chi connectivity index (χ2v) is 14.8. The van der Waals surface area contributed by atoms with Crippen molar-refractivity contribution in [2.75, 3.05) is 45.9 Å². The van der Waals surface area contributed by atoms with Gasteiger partial charge in [-0.15, -0.1) is 0 Å².